The van der Waals surface area contributed by atoms with Crippen molar-refractivity contribution in [1.29, 1.82) is 0 Å². The van der Waals surface area contributed by atoms with E-state index >= 15 is 0 Å². The number of hydrogen-bond acceptors (Lipinski definition) is 6. The van der Waals surface area contributed by atoms with Gasteiger partial charge in [-0.1, -0.05) is 29.8 Å². The van der Waals surface area contributed by atoms with Gasteiger partial charge in [0, 0.05) is 9.95 Å². The van der Waals surface area contributed by atoms with Crippen LogP contribution < -0.4 is 0 Å². The summed E-state index contributed by atoms with van der Waals surface area (Å²) >= 11 is 6.02. The zero-order valence-electron chi connectivity index (χ0n) is 11.4. The molecule has 0 fully saturated rings. The lowest BCUT2D eigenvalue weighted by atomic mass is 9.85. The summed E-state index contributed by atoms with van der Waals surface area (Å²) in [7, 11) is 2.18. The maximum Gasteiger partial charge on any atom is 0.320 e. The van der Waals surface area contributed by atoms with Crippen molar-refractivity contribution in [2.45, 2.75) is 5.92 Å². The predicted molar refractivity (Wildman–Crippen MR) is 73.6 cm³/mol. The van der Waals surface area contributed by atoms with Gasteiger partial charge in [0.2, 0.25) is 6.54 Å². The fourth-order valence-corrected chi connectivity index (χ4v) is 2.27. The molecule has 0 spiro atoms. The summed E-state index contributed by atoms with van der Waals surface area (Å²) in [6.07, 6.45) is 0. The number of ether oxygens (including phenoxy) is 2. The van der Waals surface area contributed by atoms with Crippen LogP contribution in [0.25, 0.3) is 0 Å². The Labute approximate surface area is 125 Å². The van der Waals surface area contributed by atoms with E-state index in [1.54, 1.807) is 12.1 Å². The smallest absolute Gasteiger partial charge is 0.320 e. The molecule has 0 saturated heterocycles. The number of hydrogen-bond donors (Lipinski definition) is 0. The summed E-state index contributed by atoms with van der Waals surface area (Å²) in [6.45, 7) is -0.654. The van der Waals surface area contributed by atoms with E-state index in [0.29, 0.717) is 5.56 Å². The third-order valence-corrected chi connectivity index (χ3v) is 3.31. The second kappa shape index (κ2) is 7.58. The maximum atomic E-state index is 11.8. The maximum absolute atomic E-state index is 11.8. The minimum Gasteiger partial charge on any atom is -0.468 e. The number of nitrogens with zero attached hydrogens (tertiary/aromatic N) is 1. The van der Waals surface area contributed by atoms with Crippen LogP contribution >= 0.6 is 11.6 Å². The van der Waals surface area contributed by atoms with Crippen molar-refractivity contribution in [3.05, 3.63) is 45.0 Å². The lowest BCUT2D eigenvalue weighted by Crippen LogP contribution is -2.35. The number of carbonyl (C=O) groups is 2. The Bertz CT molecular complexity index is 531. The predicted octanol–water partition coefficient (Wildman–Crippen LogP) is 1.66. The summed E-state index contributed by atoms with van der Waals surface area (Å²) in [4.78, 5) is 33.9. The Kier molecular flexibility index (Phi) is 6.10. The molecule has 1 aromatic rings. The standard InChI is InChI=1S/C13H14ClNO6/c1-20-12(16)11(13(17)21-2)9(7-15(18)19)8-5-3-4-6-10(8)14/h3-6,9,11H,7H2,1-2H3/t9-/m0/s1. The monoisotopic (exact) mass is 315 g/mol. The Morgan fingerprint density at radius 1 is 1.24 bits per heavy atom. The second-order valence-electron chi connectivity index (χ2n) is 4.17. The molecule has 0 aliphatic carbocycles. The Hall–Kier alpha value is -2.15. The molecule has 1 atom stereocenters. The van der Waals surface area contributed by atoms with Crippen LogP contribution in [0.4, 0.5) is 0 Å². The quantitative estimate of drug-likeness (QED) is 0.343. The number of carbonyl (C=O) groups excluding carboxylic acids is 2. The topological polar surface area (TPSA) is 95.7 Å². The highest BCUT2D eigenvalue weighted by Crippen LogP contribution is 2.32. The molecule has 7 nitrogen and oxygen atoms in total. The molecule has 1 aromatic carbocycles. The molecule has 0 saturated carbocycles. The van der Waals surface area contributed by atoms with Gasteiger partial charge in [0.05, 0.1) is 20.1 Å². The third-order valence-electron chi connectivity index (χ3n) is 2.96. The average Bonchev–Trinajstić information content (AvgIpc) is 2.46. The SMILES string of the molecule is COC(=O)C(C(=O)OC)[C@@H](C[N+](=O)[O-])c1ccccc1Cl. The van der Waals surface area contributed by atoms with E-state index in [-0.39, 0.29) is 5.02 Å². The second-order valence-corrected chi connectivity index (χ2v) is 4.57. The summed E-state index contributed by atoms with van der Waals surface area (Å²) in [5.41, 5.74) is 0.316. The number of methoxy groups -OCH3 is 2. The van der Waals surface area contributed by atoms with Crippen LogP contribution in [0.2, 0.25) is 5.02 Å². The molecule has 0 heterocycles. The van der Waals surface area contributed by atoms with Gasteiger partial charge in [-0.15, -0.1) is 0 Å². The Morgan fingerprint density at radius 2 is 1.76 bits per heavy atom. The number of nitro groups is 1. The van der Waals surface area contributed by atoms with Crippen molar-refractivity contribution in [2.75, 3.05) is 20.8 Å². The molecule has 21 heavy (non-hydrogen) atoms. The van der Waals surface area contributed by atoms with Gasteiger partial charge in [-0.25, -0.2) is 0 Å². The van der Waals surface area contributed by atoms with Gasteiger partial charge in [-0.2, -0.15) is 0 Å². The van der Waals surface area contributed by atoms with Crippen molar-refractivity contribution < 1.29 is 24.0 Å². The molecule has 0 aliphatic heterocycles. The fraction of sp³-hybridized carbons (Fsp3) is 0.385. The molecule has 1 rings (SSSR count). The first-order valence-corrected chi connectivity index (χ1v) is 6.32. The molecule has 0 unspecified atom stereocenters. The van der Waals surface area contributed by atoms with Crippen LogP contribution in [0, 0.1) is 16.0 Å². The molecule has 114 valence electrons. The van der Waals surface area contributed by atoms with Gasteiger partial charge in [-0.3, -0.25) is 19.7 Å². The fourth-order valence-electron chi connectivity index (χ4n) is 2.00. The van der Waals surface area contributed by atoms with Crippen LogP contribution in [-0.2, 0) is 19.1 Å². The molecule has 8 heteroatoms. The van der Waals surface area contributed by atoms with E-state index in [4.69, 9.17) is 11.6 Å². The van der Waals surface area contributed by atoms with Crippen LogP contribution in [0.5, 0.6) is 0 Å². The minimum atomic E-state index is -1.45. The highest BCUT2D eigenvalue weighted by atomic mass is 35.5. The van der Waals surface area contributed by atoms with Crippen LogP contribution in [-0.4, -0.2) is 37.6 Å². The Morgan fingerprint density at radius 3 is 2.19 bits per heavy atom. The lowest BCUT2D eigenvalue weighted by Gasteiger charge is -2.21. The van der Waals surface area contributed by atoms with E-state index in [2.05, 4.69) is 9.47 Å². The van der Waals surface area contributed by atoms with E-state index in [1.165, 1.54) is 12.1 Å². The molecular weight excluding hydrogens is 302 g/mol. The van der Waals surface area contributed by atoms with E-state index in [9.17, 15) is 19.7 Å². The van der Waals surface area contributed by atoms with E-state index < -0.39 is 35.2 Å². The van der Waals surface area contributed by atoms with Crippen molar-refractivity contribution >= 4 is 23.5 Å². The number of rotatable bonds is 6. The highest BCUT2D eigenvalue weighted by molar-refractivity contribution is 6.31. The molecule has 0 amide bonds. The van der Waals surface area contributed by atoms with Gasteiger partial charge in [0.25, 0.3) is 0 Å². The first-order chi connectivity index (χ1) is 9.92. The van der Waals surface area contributed by atoms with Gasteiger partial charge in [0.1, 0.15) is 0 Å². The van der Waals surface area contributed by atoms with Crippen LogP contribution in [0.15, 0.2) is 24.3 Å². The first-order valence-electron chi connectivity index (χ1n) is 5.94. The molecule has 0 N–H and O–H groups in total. The zero-order valence-corrected chi connectivity index (χ0v) is 12.2. The summed E-state index contributed by atoms with van der Waals surface area (Å²) in [5, 5.41) is 11.1. The van der Waals surface area contributed by atoms with Gasteiger partial charge in [0.15, 0.2) is 5.92 Å². The Balaban J connectivity index is 3.33. The molecular formula is C13H14ClNO6. The van der Waals surface area contributed by atoms with Crippen LogP contribution in [0.3, 0.4) is 0 Å². The summed E-state index contributed by atoms with van der Waals surface area (Å²) in [5.74, 6) is -4.35. The normalized spacial score (nSPS) is 11.8. The zero-order chi connectivity index (χ0) is 16.0. The van der Waals surface area contributed by atoms with Crippen LogP contribution in [0.1, 0.15) is 11.5 Å². The number of esters is 2. The van der Waals surface area contributed by atoms with Crippen molar-refractivity contribution in [3.63, 3.8) is 0 Å². The van der Waals surface area contributed by atoms with Gasteiger partial charge < -0.3 is 9.47 Å². The average molecular weight is 316 g/mol. The molecule has 0 bridgehead atoms. The van der Waals surface area contributed by atoms with Crippen molar-refractivity contribution in [2.24, 2.45) is 5.92 Å². The highest BCUT2D eigenvalue weighted by Gasteiger charge is 2.41. The summed E-state index contributed by atoms with van der Waals surface area (Å²) in [6, 6.07) is 6.30. The van der Waals surface area contributed by atoms with Gasteiger partial charge in [-0.05, 0) is 11.6 Å². The molecule has 0 aromatic heterocycles. The molecule has 0 aliphatic rings. The van der Waals surface area contributed by atoms with E-state index in [0.717, 1.165) is 14.2 Å². The minimum absolute atomic E-state index is 0.224. The third kappa shape index (κ3) is 4.16. The first kappa shape index (κ1) is 16.9. The largest absolute Gasteiger partial charge is 0.468 e. The lowest BCUT2D eigenvalue weighted by molar-refractivity contribution is -0.484. The number of halogens is 1. The summed E-state index contributed by atoms with van der Waals surface area (Å²) < 4.78 is 9.11. The van der Waals surface area contributed by atoms with Gasteiger partial charge >= 0.3 is 11.9 Å². The van der Waals surface area contributed by atoms with Crippen molar-refractivity contribution in [1.82, 2.24) is 0 Å². The van der Waals surface area contributed by atoms with Crippen molar-refractivity contribution in [3.8, 4) is 0 Å². The van der Waals surface area contributed by atoms with E-state index in [1.807, 2.05) is 0 Å². The number of benzene rings is 1. The molecule has 0 radical (unpaired) electrons.